The van der Waals surface area contributed by atoms with Crippen molar-refractivity contribution >= 4 is 28.8 Å². The highest BCUT2D eigenvalue weighted by molar-refractivity contribution is 7.08. The summed E-state index contributed by atoms with van der Waals surface area (Å²) in [5.41, 5.74) is 2.47. The summed E-state index contributed by atoms with van der Waals surface area (Å²) in [7, 11) is 1.54. The number of thiophene rings is 1. The number of aromatic nitrogens is 3. The van der Waals surface area contributed by atoms with Crippen LogP contribution in [0, 0.1) is 5.82 Å². The van der Waals surface area contributed by atoms with Crippen molar-refractivity contribution in [1.29, 1.82) is 0 Å². The third kappa shape index (κ3) is 2.91. The van der Waals surface area contributed by atoms with Gasteiger partial charge in [0.2, 0.25) is 5.95 Å². The molecule has 0 bridgehead atoms. The number of carbonyl (C=O) groups is 1. The number of amides is 1. The molecule has 0 aliphatic carbocycles. The smallest absolute Gasteiger partial charge is 0.258 e. The number of rotatable bonds is 4. The fourth-order valence-electron chi connectivity index (χ4n) is 2.58. The highest BCUT2D eigenvalue weighted by atomic mass is 32.1. The minimum Gasteiger partial charge on any atom is -0.493 e. The van der Waals surface area contributed by atoms with Crippen molar-refractivity contribution in [2.75, 3.05) is 12.4 Å². The quantitative estimate of drug-likeness (QED) is 0.594. The van der Waals surface area contributed by atoms with E-state index in [0.29, 0.717) is 11.4 Å². The van der Waals surface area contributed by atoms with Gasteiger partial charge in [-0.3, -0.25) is 10.1 Å². The number of nitrogens with one attached hydrogen (secondary N) is 1. The molecule has 130 valence electrons. The predicted molar refractivity (Wildman–Crippen MR) is 97.2 cm³/mol. The first-order chi connectivity index (χ1) is 12.7. The summed E-state index contributed by atoms with van der Waals surface area (Å²) in [4.78, 5) is 16.7. The Morgan fingerprint density at radius 3 is 2.88 bits per heavy atom. The molecule has 0 aliphatic heterocycles. The second-order valence-electron chi connectivity index (χ2n) is 5.43. The number of pyridine rings is 1. The van der Waals surface area contributed by atoms with Gasteiger partial charge in [0.05, 0.1) is 12.8 Å². The SMILES string of the molecule is COc1ccc(-c2ccsc2)n2nc(NC(=O)c3cccc(F)c3)nc12. The van der Waals surface area contributed by atoms with E-state index in [-0.39, 0.29) is 11.5 Å². The summed E-state index contributed by atoms with van der Waals surface area (Å²) >= 11 is 1.57. The van der Waals surface area contributed by atoms with Gasteiger partial charge in [-0.25, -0.2) is 8.91 Å². The maximum absolute atomic E-state index is 13.3. The molecule has 0 unspecified atom stereocenters. The van der Waals surface area contributed by atoms with Gasteiger partial charge < -0.3 is 4.74 Å². The van der Waals surface area contributed by atoms with Gasteiger partial charge in [0, 0.05) is 16.5 Å². The van der Waals surface area contributed by atoms with Gasteiger partial charge in [-0.1, -0.05) is 6.07 Å². The Bertz CT molecular complexity index is 1090. The Kier molecular flexibility index (Phi) is 4.10. The maximum Gasteiger partial charge on any atom is 0.258 e. The van der Waals surface area contributed by atoms with Gasteiger partial charge in [-0.15, -0.1) is 5.10 Å². The van der Waals surface area contributed by atoms with Crippen LogP contribution in [0.5, 0.6) is 5.75 Å². The lowest BCUT2D eigenvalue weighted by molar-refractivity contribution is 0.102. The van der Waals surface area contributed by atoms with Crippen LogP contribution in [0.4, 0.5) is 10.3 Å². The van der Waals surface area contributed by atoms with E-state index in [9.17, 15) is 9.18 Å². The number of carbonyl (C=O) groups excluding carboxylic acids is 1. The Labute approximate surface area is 151 Å². The van der Waals surface area contributed by atoms with Gasteiger partial charge >= 0.3 is 0 Å². The van der Waals surface area contributed by atoms with Gasteiger partial charge in [0.1, 0.15) is 5.82 Å². The summed E-state index contributed by atoms with van der Waals surface area (Å²) in [6.07, 6.45) is 0. The van der Waals surface area contributed by atoms with Gasteiger partial charge in [-0.05, 0) is 41.8 Å². The van der Waals surface area contributed by atoms with Crippen molar-refractivity contribution in [2.24, 2.45) is 0 Å². The lowest BCUT2D eigenvalue weighted by Crippen LogP contribution is -2.13. The monoisotopic (exact) mass is 368 g/mol. The van der Waals surface area contributed by atoms with Crippen molar-refractivity contribution in [3.63, 3.8) is 0 Å². The standard InChI is InChI=1S/C18H13FN4O2S/c1-25-15-6-5-14(12-7-8-26-10-12)23-16(15)20-18(22-23)21-17(24)11-3-2-4-13(19)9-11/h2-10H,1H3,(H,21,22,24). The molecule has 0 saturated heterocycles. The molecule has 0 saturated carbocycles. The largest absolute Gasteiger partial charge is 0.493 e. The van der Waals surface area contributed by atoms with Crippen LogP contribution in [0.2, 0.25) is 0 Å². The number of nitrogens with zero attached hydrogens (tertiary/aromatic N) is 3. The first kappa shape index (κ1) is 16.2. The summed E-state index contributed by atoms with van der Waals surface area (Å²) in [6, 6.07) is 11.1. The molecule has 0 aliphatic rings. The van der Waals surface area contributed by atoms with Crippen molar-refractivity contribution in [3.05, 3.63) is 64.6 Å². The molecule has 0 atom stereocenters. The van der Waals surface area contributed by atoms with E-state index in [0.717, 1.165) is 17.3 Å². The second-order valence-corrected chi connectivity index (χ2v) is 6.21. The van der Waals surface area contributed by atoms with Gasteiger partial charge in [0.25, 0.3) is 5.91 Å². The first-order valence-electron chi connectivity index (χ1n) is 7.69. The number of ether oxygens (including phenoxy) is 1. The zero-order valence-electron chi connectivity index (χ0n) is 13.6. The first-order valence-corrected chi connectivity index (χ1v) is 8.63. The van der Waals surface area contributed by atoms with Crippen LogP contribution in [0.15, 0.2) is 53.2 Å². The molecule has 8 heteroatoms. The Morgan fingerprint density at radius 2 is 2.15 bits per heavy atom. The van der Waals surface area contributed by atoms with E-state index >= 15 is 0 Å². The molecule has 3 aromatic heterocycles. The Balaban J connectivity index is 1.75. The van der Waals surface area contributed by atoms with Crippen molar-refractivity contribution in [1.82, 2.24) is 14.6 Å². The molecule has 1 aromatic carbocycles. The van der Waals surface area contributed by atoms with Crippen molar-refractivity contribution in [3.8, 4) is 17.0 Å². The van der Waals surface area contributed by atoms with Crippen LogP contribution in [0.1, 0.15) is 10.4 Å². The molecule has 0 fully saturated rings. The molecule has 4 aromatic rings. The number of hydrogen-bond donors (Lipinski definition) is 1. The topological polar surface area (TPSA) is 68.5 Å². The van der Waals surface area contributed by atoms with Crippen molar-refractivity contribution in [2.45, 2.75) is 0 Å². The fourth-order valence-corrected chi connectivity index (χ4v) is 3.23. The zero-order valence-corrected chi connectivity index (χ0v) is 14.5. The summed E-state index contributed by atoms with van der Waals surface area (Å²) in [5.74, 6) is -0.332. The molecule has 0 radical (unpaired) electrons. The van der Waals surface area contributed by atoms with Gasteiger partial charge in [0.15, 0.2) is 11.4 Å². The number of halogens is 1. The Hall–Kier alpha value is -3.26. The number of hydrogen-bond acceptors (Lipinski definition) is 5. The minimum atomic E-state index is -0.489. The van der Waals surface area contributed by atoms with Crippen LogP contribution < -0.4 is 10.1 Å². The highest BCUT2D eigenvalue weighted by Crippen LogP contribution is 2.28. The molecule has 1 amide bonds. The van der Waals surface area contributed by atoms with E-state index < -0.39 is 11.7 Å². The predicted octanol–water partition coefficient (Wildman–Crippen LogP) is 3.86. The van der Waals surface area contributed by atoms with E-state index in [1.165, 1.54) is 18.2 Å². The lowest BCUT2D eigenvalue weighted by Gasteiger charge is -2.05. The molecule has 26 heavy (non-hydrogen) atoms. The molecular formula is C18H13FN4O2S. The number of methoxy groups -OCH3 is 1. The number of benzene rings is 1. The number of anilines is 1. The normalized spacial score (nSPS) is 10.8. The van der Waals surface area contributed by atoms with Crippen LogP contribution >= 0.6 is 11.3 Å². The lowest BCUT2D eigenvalue weighted by atomic mass is 10.2. The minimum absolute atomic E-state index is 0.111. The third-order valence-corrected chi connectivity index (χ3v) is 4.48. The van der Waals surface area contributed by atoms with Crippen LogP contribution in [0.3, 0.4) is 0 Å². The summed E-state index contributed by atoms with van der Waals surface area (Å²) < 4.78 is 20.3. The van der Waals surface area contributed by atoms with E-state index in [1.807, 2.05) is 22.9 Å². The van der Waals surface area contributed by atoms with Gasteiger partial charge in [-0.2, -0.15) is 16.3 Å². The molecule has 4 rings (SSSR count). The van der Waals surface area contributed by atoms with Crippen LogP contribution in [-0.4, -0.2) is 27.6 Å². The van der Waals surface area contributed by atoms with Crippen molar-refractivity contribution < 1.29 is 13.9 Å². The summed E-state index contributed by atoms with van der Waals surface area (Å²) in [6.45, 7) is 0. The average molecular weight is 368 g/mol. The molecule has 3 heterocycles. The second kappa shape index (κ2) is 6.57. The van der Waals surface area contributed by atoms with Crippen LogP contribution in [-0.2, 0) is 0 Å². The highest BCUT2D eigenvalue weighted by Gasteiger charge is 2.16. The van der Waals surface area contributed by atoms with Crippen LogP contribution in [0.25, 0.3) is 16.9 Å². The molecular weight excluding hydrogens is 355 g/mol. The maximum atomic E-state index is 13.3. The zero-order chi connectivity index (χ0) is 18.1. The molecule has 6 nitrogen and oxygen atoms in total. The third-order valence-electron chi connectivity index (χ3n) is 3.80. The fraction of sp³-hybridized carbons (Fsp3) is 0.0556. The Morgan fingerprint density at radius 1 is 1.27 bits per heavy atom. The summed E-state index contributed by atoms with van der Waals surface area (Å²) in [5, 5.41) is 10.9. The average Bonchev–Trinajstić information content (AvgIpc) is 3.30. The number of fused-ring (bicyclic) bond motifs is 1. The van der Waals surface area contributed by atoms with E-state index in [1.54, 1.807) is 29.0 Å². The van der Waals surface area contributed by atoms with E-state index in [4.69, 9.17) is 4.74 Å². The molecule has 0 spiro atoms. The van der Waals surface area contributed by atoms with E-state index in [2.05, 4.69) is 15.4 Å². The molecule has 1 N–H and O–H groups in total.